The number of benzene rings is 2. The normalized spacial score (nSPS) is 10.2. The van der Waals surface area contributed by atoms with Gasteiger partial charge in [0.1, 0.15) is 5.75 Å². The molecule has 0 unspecified atom stereocenters. The smallest absolute Gasteiger partial charge is 0.311 e. The van der Waals surface area contributed by atoms with Crippen molar-refractivity contribution in [3.05, 3.63) is 64.2 Å². The third-order valence-electron chi connectivity index (χ3n) is 3.03. The molecule has 0 N–H and O–H groups in total. The largest absolute Gasteiger partial charge is 0.450 e. The van der Waals surface area contributed by atoms with Crippen molar-refractivity contribution in [1.29, 1.82) is 0 Å². The summed E-state index contributed by atoms with van der Waals surface area (Å²) in [5.74, 6) is 0.873. The summed E-state index contributed by atoms with van der Waals surface area (Å²) in [6.45, 7) is 2.16. The summed E-state index contributed by atoms with van der Waals surface area (Å²) >= 11 is 0. The molecular formula is C16H17NO3. The maximum Gasteiger partial charge on any atom is 0.311 e. The van der Waals surface area contributed by atoms with E-state index in [9.17, 15) is 10.1 Å². The second-order valence-electron chi connectivity index (χ2n) is 4.57. The van der Waals surface area contributed by atoms with E-state index < -0.39 is 4.92 Å². The summed E-state index contributed by atoms with van der Waals surface area (Å²) in [6, 6.07) is 14.1. The van der Waals surface area contributed by atoms with Gasteiger partial charge in [-0.3, -0.25) is 10.1 Å². The number of hydrogen-bond donors (Lipinski definition) is 0. The summed E-state index contributed by atoms with van der Waals surface area (Å²) in [5, 5.41) is 10.9. The molecule has 104 valence electrons. The van der Waals surface area contributed by atoms with Gasteiger partial charge in [-0.15, -0.1) is 0 Å². The quantitative estimate of drug-likeness (QED) is 0.563. The fourth-order valence-corrected chi connectivity index (χ4v) is 1.93. The minimum Gasteiger partial charge on any atom is -0.450 e. The highest BCUT2D eigenvalue weighted by Gasteiger charge is 2.14. The Morgan fingerprint density at radius 3 is 2.45 bits per heavy atom. The van der Waals surface area contributed by atoms with Crippen molar-refractivity contribution in [2.75, 3.05) is 0 Å². The molecule has 2 aromatic rings. The summed E-state index contributed by atoms with van der Waals surface area (Å²) in [4.78, 5) is 10.5. The molecule has 0 fully saturated rings. The van der Waals surface area contributed by atoms with Crippen LogP contribution in [0.15, 0.2) is 48.5 Å². The number of rotatable bonds is 6. The minimum absolute atomic E-state index is 0.0254. The highest BCUT2D eigenvalue weighted by atomic mass is 16.6. The molecule has 0 aliphatic rings. The van der Waals surface area contributed by atoms with Gasteiger partial charge in [0.2, 0.25) is 5.75 Å². The van der Waals surface area contributed by atoms with Crippen LogP contribution in [0.3, 0.4) is 0 Å². The third kappa shape index (κ3) is 3.57. The van der Waals surface area contributed by atoms with Crippen LogP contribution in [-0.2, 0) is 6.42 Å². The predicted molar refractivity (Wildman–Crippen MR) is 78.2 cm³/mol. The lowest BCUT2D eigenvalue weighted by molar-refractivity contribution is -0.385. The van der Waals surface area contributed by atoms with Crippen LogP contribution in [0.25, 0.3) is 0 Å². The van der Waals surface area contributed by atoms with Gasteiger partial charge < -0.3 is 4.74 Å². The van der Waals surface area contributed by atoms with Gasteiger partial charge in [0.25, 0.3) is 0 Å². The molecule has 0 aliphatic heterocycles. The van der Waals surface area contributed by atoms with Gasteiger partial charge in [-0.25, -0.2) is 0 Å². The number of hydrogen-bond acceptors (Lipinski definition) is 3. The number of aryl methyl sites for hydroxylation is 1. The van der Waals surface area contributed by atoms with Gasteiger partial charge >= 0.3 is 5.69 Å². The first kappa shape index (κ1) is 14.1. The summed E-state index contributed by atoms with van der Waals surface area (Å²) in [7, 11) is 0. The van der Waals surface area contributed by atoms with Gasteiger partial charge in [0, 0.05) is 6.07 Å². The molecular weight excluding hydrogens is 254 g/mol. The Morgan fingerprint density at radius 1 is 1.10 bits per heavy atom. The number of nitro groups is 1. The van der Waals surface area contributed by atoms with Crippen LogP contribution in [0.2, 0.25) is 0 Å². The Balaban J connectivity index is 2.12. The van der Waals surface area contributed by atoms with Crippen molar-refractivity contribution in [1.82, 2.24) is 0 Å². The van der Waals surface area contributed by atoms with Gasteiger partial charge in [0.05, 0.1) is 4.92 Å². The lowest BCUT2D eigenvalue weighted by atomic mass is 10.1. The maximum atomic E-state index is 10.9. The summed E-state index contributed by atoms with van der Waals surface area (Å²) in [6.07, 6.45) is 3.36. The van der Waals surface area contributed by atoms with E-state index >= 15 is 0 Å². The molecule has 2 rings (SSSR count). The van der Waals surface area contributed by atoms with E-state index in [1.54, 1.807) is 18.2 Å². The van der Waals surface area contributed by atoms with Gasteiger partial charge in [0.15, 0.2) is 0 Å². The lowest BCUT2D eigenvalue weighted by Gasteiger charge is -2.07. The van der Waals surface area contributed by atoms with Crippen molar-refractivity contribution in [3.63, 3.8) is 0 Å². The Bertz CT molecular complexity index is 579. The van der Waals surface area contributed by atoms with Gasteiger partial charge in [-0.2, -0.15) is 0 Å². The van der Waals surface area contributed by atoms with Crippen LogP contribution < -0.4 is 4.74 Å². The van der Waals surface area contributed by atoms with Crippen molar-refractivity contribution >= 4 is 5.69 Å². The molecule has 4 nitrogen and oxygen atoms in total. The minimum atomic E-state index is -0.440. The first-order valence-electron chi connectivity index (χ1n) is 6.71. The Labute approximate surface area is 118 Å². The molecule has 0 amide bonds. The fourth-order valence-electron chi connectivity index (χ4n) is 1.93. The van der Waals surface area contributed by atoms with Crippen LogP contribution in [0.1, 0.15) is 25.3 Å². The molecule has 0 heterocycles. The first-order chi connectivity index (χ1) is 9.70. The van der Waals surface area contributed by atoms with E-state index in [-0.39, 0.29) is 11.4 Å². The molecule has 0 saturated heterocycles. The molecule has 4 heteroatoms. The Hall–Kier alpha value is -2.36. The van der Waals surface area contributed by atoms with E-state index in [1.807, 2.05) is 24.3 Å². The number of ether oxygens (including phenoxy) is 1. The molecule has 20 heavy (non-hydrogen) atoms. The van der Waals surface area contributed by atoms with Crippen LogP contribution in [0.5, 0.6) is 11.5 Å². The van der Waals surface area contributed by atoms with E-state index in [1.165, 1.54) is 11.6 Å². The summed E-state index contributed by atoms with van der Waals surface area (Å²) < 4.78 is 5.59. The monoisotopic (exact) mass is 271 g/mol. The molecule has 0 bridgehead atoms. The zero-order valence-electron chi connectivity index (χ0n) is 11.4. The highest BCUT2D eigenvalue weighted by molar-refractivity contribution is 5.48. The number of nitrogens with zero attached hydrogens (tertiary/aromatic N) is 1. The van der Waals surface area contributed by atoms with Crippen LogP contribution in [-0.4, -0.2) is 4.92 Å². The molecule has 0 aromatic heterocycles. The van der Waals surface area contributed by atoms with Crippen LogP contribution in [0.4, 0.5) is 5.69 Å². The Kier molecular flexibility index (Phi) is 4.71. The van der Waals surface area contributed by atoms with E-state index in [4.69, 9.17) is 4.74 Å². The van der Waals surface area contributed by atoms with Gasteiger partial charge in [-0.1, -0.05) is 37.6 Å². The van der Waals surface area contributed by atoms with Crippen molar-refractivity contribution < 1.29 is 9.66 Å². The molecule has 0 saturated carbocycles. The zero-order valence-corrected chi connectivity index (χ0v) is 11.4. The fraction of sp³-hybridized carbons (Fsp3) is 0.250. The summed E-state index contributed by atoms with van der Waals surface area (Å²) in [5.41, 5.74) is 1.23. The maximum absolute atomic E-state index is 10.9. The van der Waals surface area contributed by atoms with Crippen LogP contribution >= 0.6 is 0 Å². The van der Waals surface area contributed by atoms with Crippen molar-refractivity contribution in [2.45, 2.75) is 26.2 Å². The number of nitro benzene ring substituents is 1. The zero-order chi connectivity index (χ0) is 14.4. The average Bonchev–Trinajstić information content (AvgIpc) is 2.47. The second-order valence-corrected chi connectivity index (χ2v) is 4.57. The molecule has 2 aromatic carbocycles. The number of para-hydroxylation sites is 2. The second kappa shape index (κ2) is 6.70. The van der Waals surface area contributed by atoms with E-state index in [2.05, 4.69) is 6.92 Å². The third-order valence-corrected chi connectivity index (χ3v) is 3.03. The van der Waals surface area contributed by atoms with Crippen LogP contribution in [0, 0.1) is 10.1 Å². The SMILES string of the molecule is CCCCc1ccc(Oc2ccccc2[N+](=O)[O-])cc1. The van der Waals surface area contributed by atoms with Crippen molar-refractivity contribution in [2.24, 2.45) is 0 Å². The highest BCUT2D eigenvalue weighted by Crippen LogP contribution is 2.30. The predicted octanol–water partition coefficient (Wildman–Crippen LogP) is 4.73. The lowest BCUT2D eigenvalue weighted by Crippen LogP contribution is -1.93. The molecule has 0 aliphatic carbocycles. The van der Waals surface area contributed by atoms with E-state index in [0.29, 0.717) is 5.75 Å². The van der Waals surface area contributed by atoms with Gasteiger partial charge in [-0.05, 0) is 36.6 Å². The molecule has 0 radical (unpaired) electrons. The average molecular weight is 271 g/mol. The van der Waals surface area contributed by atoms with E-state index in [0.717, 1.165) is 19.3 Å². The first-order valence-corrected chi connectivity index (χ1v) is 6.71. The molecule has 0 spiro atoms. The topological polar surface area (TPSA) is 52.4 Å². The number of unbranched alkanes of at least 4 members (excludes halogenated alkanes) is 1. The Morgan fingerprint density at radius 2 is 1.80 bits per heavy atom. The molecule has 0 atom stereocenters. The van der Waals surface area contributed by atoms with Crippen molar-refractivity contribution in [3.8, 4) is 11.5 Å². The standard InChI is InChI=1S/C16H17NO3/c1-2-3-6-13-9-11-14(12-10-13)20-16-8-5-4-7-15(16)17(18)19/h4-5,7-12H,2-3,6H2,1H3.